The van der Waals surface area contributed by atoms with Crippen molar-refractivity contribution < 1.29 is 0 Å². The van der Waals surface area contributed by atoms with Crippen LogP contribution < -0.4 is 0 Å². The molecule has 16 heavy (non-hydrogen) atoms. The second kappa shape index (κ2) is 3.62. The van der Waals surface area contributed by atoms with Gasteiger partial charge in [0.1, 0.15) is 0 Å². The first-order valence-corrected chi connectivity index (χ1v) is 6.78. The Hall–Kier alpha value is -0.770. The molecule has 4 fully saturated rings. The topological polar surface area (TPSA) is 23.8 Å². The van der Waals surface area contributed by atoms with Gasteiger partial charge < -0.3 is 0 Å². The zero-order valence-corrected chi connectivity index (χ0v) is 10.2. The summed E-state index contributed by atoms with van der Waals surface area (Å²) in [5.41, 5.74) is 0.500. The van der Waals surface area contributed by atoms with Gasteiger partial charge in [-0.15, -0.1) is 0 Å². The third-order valence-corrected chi connectivity index (χ3v) is 5.03. The fraction of sp³-hybridized carbons (Fsp3) is 0.800. The van der Waals surface area contributed by atoms with Gasteiger partial charge in [0.15, 0.2) is 0 Å². The van der Waals surface area contributed by atoms with Gasteiger partial charge in [0.05, 0.1) is 12.0 Å². The summed E-state index contributed by atoms with van der Waals surface area (Å²) < 4.78 is 0. The van der Waals surface area contributed by atoms with Gasteiger partial charge in [-0.25, -0.2) is 0 Å². The molecule has 0 N–H and O–H groups in total. The smallest absolute Gasteiger partial charge is 0.0694 e. The number of hydrogen-bond acceptors (Lipinski definition) is 1. The molecule has 0 aliphatic heterocycles. The first-order chi connectivity index (χ1) is 7.69. The van der Waals surface area contributed by atoms with Crippen LogP contribution in [0.25, 0.3) is 0 Å². The summed E-state index contributed by atoms with van der Waals surface area (Å²) >= 11 is 0. The van der Waals surface area contributed by atoms with E-state index in [1.54, 1.807) is 0 Å². The average molecular weight is 215 g/mol. The van der Waals surface area contributed by atoms with Gasteiger partial charge >= 0.3 is 0 Å². The molecule has 0 aromatic rings. The molecule has 0 saturated heterocycles. The molecule has 4 aliphatic carbocycles. The summed E-state index contributed by atoms with van der Waals surface area (Å²) in [6.07, 6.45) is 13.3. The fourth-order valence-electron chi connectivity index (χ4n) is 4.77. The number of hydrogen-bond donors (Lipinski definition) is 0. The predicted molar refractivity (Wildman–Crippen MR) is 64.5 cm³/mol. The van der Waals surface area contributed by atoms with E-state index in [0.717, 1.165) is 17.8 Å². The molecule has 0 spiro atoms. The SMILES string of the molecule is CC(C#N)/C=C/C12CC3CC(CC(C3)C1)C2. The van der Waals surface area contributed by atoms with E-state index in [1.807, 2.05) is 6.92 Å². The van der Waals surface area contributed by atoms with Crippen molar-refractivity contribution in [3.05, 3.63) is 12.2 Å². The highest BCUT2D eigenvalue weighted by molar-refractivity contribution is 5.12. The zero-order chi connectivity index (χ0) is 11.2. The molecule has 4 rings (SSSR count). The van der Waals surface area contributed by atoms with Gasteiger partial charge in [0.25, 0.3) is 0 Å². The molecule has 4 bridgehead atoms. The lowest BCUT2D eigenvalue weighted by atomic mass is 9.49. The highest BCUT2D eigenvalue weighted by Crippen LogP contribution is 2.60. The molecule has 86 valence electrons. The van der Waals surface area contributed by atoms with Crippen LogP contribution in [0.2, 0.25) is 0 Å². The molecule has 0 heterocycles. The second-order valence-electron chi connectivity index (χ2n) is 6.56. The zero-order valence-electron chi connectivity index (χ0n) is 10.2. The molecule has 4 saturated carbocycles. The van der Waals surface area contributed by atoms with Gasteiger partial charge in [0.2, 0.25) is 0 Å². The summed E-state index contributed by atoms with van der Waals surface area (Å²) in [5.74, 6) is 3.11. The van der Waals surface area contributed by atoms with Crippen LogP contribution in [0.5, 0.6) is 0 Å². The van der Waals surface area contributed by atoms with E-state index >= 15 is 0 Å². The lowest BCUT2D eigenvalue weighted by Gasteiger charge is -2.56. The number of allylic oxidation sites excluding steroid dienone is 2. The maximum absolute atomic E-state index is 8.85. The minimum Gasteiger partial charge on any atom is -0.198 e. The Morgan fingerprint density at radius 2 is 1.62 bits per heavy atom. The Morgan fingerprint density at radius 1 is 1.12 bits per heavy atom. The monoisotopic (exact) mass is 215 g/mol. The maximum Gasteiger partial charge on any atom is 0.0694 e. The Kier molecular flexibility index (Phi) is 2.35. The van der Waals surface area contributed by atoms with E-state index in [1.165, 1.54) is 38.5 Å². The van der Waals surface area contributed by atoms with Gasteiger partial charge in [-0.2, -0.15) is 5.26 Å². The van der Waals surface area contributed by atoms with Crippen LogP contribution in [-0.4, -0.2) is 0 Å². The van der Waals surface area contributed by atoms with Crippen LogP contribution >= 0.6 is 0 Å². The van der Waals surface area contributed by atoms with Crippen LogP contribution in [0, 0.1) is 40.4 Å². The molecule has 0 aromatic carbocycles. The van der Waals surface area contributed by atoms with Crippen molar-refractivity contribution in [3.63, 3.8) is 0 Å². The number of rotatable bonds is 2. The maximum atomic E-state index is 8.85. The molecule has 1 atom stereocenters. The van der Waals surface area contributed by atoms with Crippen LogP contribution in [0.1, 0.15) is 45.4 Å². The molecule has 0 amide bonds. The molecule has 1 nitrogen and oxygen atoms in total. The first kappa shape index (κ1) is 10.4. The summed E-state index contributed by atoms with van der Waals surface area (Å²) in [7, 11) is 0. The highest BCUT2D eigenvalue weighted by atomic mass is 14.5. The van der Waals surface area contributed by atoms with E-state index in [-0.39, 0.29) is 5.92 Å². The van der Waals surface area contributed by atoms with Crippen LogP contribution in [-0.2, 0) is 0 Å². The van der Waals surface area contributed by atoms with Crippen LogP contribution in [0.4, 0.5) is 0 Å². The van der Waals surface area contributed by atoms with Gasteiger partial charge in [-0.3, -0.25) is 0 Å². The molecular weight excluding hydrogens is 194 g/mol. The summed E-state index contributed by atoms with van der Waals surface area (Å²) in [6.45, 7) is 2.00. The molecule has 4 aliphatic rings. The average Bonchev–Trinajstić information content (AvgIpc) is 2.24. The second-order valence-corrected chi connectivity index (χ2v) is 6.56. The van der Waals surface area contributed by atoms with E-state index in [9.17, 15) is 0 Å². The quantitative estimate of drug-likeness (QED) is 0.640. The van der Waals surface area contributed by atoms with Crippen molar-refractivity contribution in [2.45, 2.75) is 45.4 Å². The van der Waals surface area contributed by atoms with Crippen molar-refractivity contribution in [2.24, 2.45) is 29.1 Å². The van der Waals surface area contributed by atoms with Gasteiger partial charge in [-0.1, -0.05) is 12.2 Å². The number of nitrogens with zero attached hydrogens (tertiary/aromatic N) is 1. The van der Waals surface area contributed by atoms with Crippen molar-refractivity contribution >= 4 is 0 Å². The van der Waals surface area contributed by atoms with Gasteiger partial charge in [0, 0.05) is 0 Å². The van der Waals surface area contributed by atoms with Crippen LogP contribution in [0.15, 0.2) is 12.2 Å². The fourth-order valence-corrected chi connectivity index (χ4v) is 4.77. The normalized spacial score (nSPS) is 47.1. The standard InChI is InChI=1S/C15H21N/c1-11(10-16)2-3-15-7-12-4-13(8-15)6-14(5-12)9-15/h2-3,11-14H,4-9H2,1H3/b3-2+. The Morgan fingerprint density at radius 3 is 2.06 bits per heavy atom. The third kappa shape index (κ3) is 1.69. The molecule has 0 aromatic heterocycles. The van der Waals surface area contributed by atoms with Crippen LogP contribution in [0.3, 0.4) is 0 Å². The molecule has 1 heteroatoms. The first-order valence-electron chi connectivity index (χ1n) is 6.78. The molecular formula is C15H21N. The van der Waals surface area contributed by atoms with Crippen molar-refractivity contribution in [3.8, 4) is 6.07 Å². The number of nitriles is 1. The Bertz CT molecular complexity index is 312. The van der Waals surface area contributed by atoms with Crippen molar-refractivity contribution in [1.82, 2.24) is 0 Å². The summed E-state index contributed by atoms with van der Waals surface area (Å²) in [6, 6.07) is 2.31. The third-order valence-electron chi connectivity index (χ3n) is 5.03. The lowest BCUT2D eigenvalue weighted by molar-refractivity contribution is -0.0239. The van der Waals surface area contributed by atoms with E-state index in [4.69, 9.17) is 5.26 Å². The Balaban J connectivity index is 1.79. The van der Waals surface area contributed by atoms with Crippen molar-refractivity contribution in [2.75, 3.05) is 0 Å². The van der Waals surface area contributed by atoms with E-state index < -0.39 is 0 Å². The largest absolute Gasteiger partial charge is 0.198 e. The Labute approximate surface area is 98.5 Å². The summed E-state index contributed by atoms with van der Waals surface area (Å²) in [5, 5.41) is 8.85. The van der Waals surface area contributed by atoms with E-state index in [2.05, 4.69) is 18.2 Å². The van der Waals surface area contributed by atoms with E-state index in [0.29, 0.717) is 5.41 Å². The minimum atomic E-state index is 0.0907. The van der Waals surface area contributed by atoms with Crippen molar-refractivity contribution in [1.29, 1.82) is 5.26 Å². The molecule has 0 radical (unpaired) electrons. The highest BCUT2D eigenvalue weighted by Gasteiger charge is 2.49. The molecule has 1 unspecified atom stereocenters. The van der Waals surface area contributed by atoms with Gasteiger partial charge in [-0.05, 0) is 68.6 Å². The summed E-state index contributed by atoms with van der Waals surface area (Å²) in [4.78, 5) is 0. The lowest BCUT2D eigenvalue weighted by Crippen LogP contribution is -2.45. The predicted octanol–water partition coefficient (Wildman–Crippen LogP) is 3.92. The minimum absolute atomic E-state index is 0.0907.